The first-order valence-corrected chi connectivity index (χ1v) is 16.3. The number of methoxy groups -OCH3 is 1. The molecule has 2 amide bonds. The lowest BCUT2D eigenvalue weighted by Crippen LogP contribution is -2.60. The van der Waals surface area contributed by atoms with Crippen LogP contribution in [0.3, 0.4) is 0 Å². The summed E-state index contributed by atoms with van der Waals surface area (Å²) in [7, 11) is 4.72. The molecule has 2 aromatic carbocycles. The third-order valence-corrected chi connectivity index (χ3v) is 9.37. The third kappa shape index (κ3) is 8.34. The molecule has 1 aliphatic rings. The summed E-state index contributed by atoms with van der Waals surface area (Å²) in [5, 5.41) is 23.6. The van der Waals surface area contributed by atoms with Gasteiger partial charge < -0.3 is 29.9 Å². The van der Waals surface area contributed by atoms with Gasteiger partial charge in [-0.2, -0.15) is 0 Å². The first-order chi connectivity index (χ1) is 21.7. The number of hydrogen-bond acceptors (Lipinski definition) is 7. The van der Waals surface area contributed by atoms with E-state index in [9.17, 15) is 24.6 Å². The second kappa shape index (κ2) is 16.5. The molecule has 4 unspecified atom stereocenters. The number of aliphatic hydroxyl groups excluding tert-OH is 1. The number of fused-ring (bicyclic) bond motifs is 3. The van der Waals surface area contributed by atoms with Crippen molar-refractivity contribution in [1.29, 1.82) is 0 Å². The molecule has 0 aliphatic heterocycles. The standard InChI is InChI=1S/C36H53N3O7/c1-10-23(6)33(29(45-9)19-30(40)41)38(7)35(43)31(21(2)3)37-34(42)32(22(4)5)39(8)36(44)46-20-28-26-17-13-11-15-24(26)25-16-12-14-18-27(25)28/h11-18,21-23,28-29,31-33,36,44H,10,19-20H2,1-9H3,(H,37,42)(H,40,41)/t23-,29?,31-,32?,33?,36?/m0/s1. The van der Waals surface area contributed by atoms with Crippen molar-refractivity contribution in [3.8, 4) is 11.1 Å². The number of benzene rings is 2. The van der Waals surface area contributed by atoms with Crippen molar-refractivity contribution in [3.63, 3.8) is 0 Å². The maximum absolute atomic E-state index is 14.0. The molecule has 0 bridgehead atoms. The van der Waals surface area contributed by atoms with Crippen LogP contribution in [-0.4, -0.2) is 96.3 Å². The molecule has 3 rings (SSSR count). The minimum absolute atomic E-state index is 0.0533. The van der Waals surface area contributed by atoms with Crippen LogP contribution in [0.15, 0.2) is 48.5 Å². The molecule has 0 fully saturated rings. The van der Waals surface area contributed by atoms with Crippen LogP contribution in [0.2, 0.25) is 0 Å². The summed E-state index contributed by atoms with van der Waals surface area (Å²) in [5.74, 6) is -2.36. The molecular weight excluding hydrogens is 586 g/mol. The number of carbonyl (C=O) groups excluding carboxylic acids is 2. The van der Waals surface area contributed by atoms with Gasteiger partial charge in [0.1, 0.15) is 6.04 Å². The van der Waals surface area contributed by atoms with E-state index in [1.165, 1.54) is 16.9 Å². The van der Waals surface area contributed by atoms with Crippen LogP contribution in [0.4, 0.5) is 0 Å². The van der Waals surface area contributed by atoms with Crippen molar-refractivity contribution in [2.45, 2.75) is 90.9 Å². The van der Waals surface area contributed by atoms with Crippen molar-refractivity contribution in [2.75, 3.05) is 27.8 Å². The molecule has 0 radical (unpaired) electrons. The number of carboxylic acids is 1. The maximum Gasteiger partial charge on any atom is 0.306 e. The Balaban J connectivity index is 1.76. The predicted molar refractivity (Wildman–Crippen MR) is 178 cm³/mol. The molecule has 3 N–H and O–H groups in total. The summed E-state index contributed by atoms with van der Waals surface area (Å²) in [6.45, 7) is 11.6. The number of ether oxygens (including phenoxy) is 2. The van der Waals surface area contributed by atoms with Gasteiger partial charge in [-0.3, -0.25) is 14.4 Å². The van der Waals surface area contributed by atoms with E-state index < -0.39 is 42.5 Å². The number of carboxylic acid groups (broad SMARTS) is 1. The number of nitrogens with zero attached hydrogens (tertiary/aromatic N) is 2. The summed E-state index contributed by atoms with van der Waals surface area (Å²) >= 11 is 0. The molecule has 0 saturated carbocycles. The molecule has 46 heavy (non-hydrogen) atoms. The van der Waals surface area contributed by atoms with Crippen LogP contribution in [0.5, 0.6) is 0 Å². The van der Waals surface area contributed by atoms with Crippen LogP contribution < -0.4 is 5.32 Å². The van der Waals surface area contributed by atoms with Crippen molar-refractivity contribution in [3.05, 3.63) is 59.7 Å². The van der Waals surface area contributed by atoms with E-state index in [4.69, 9.17) is 9.47 Å². The number of nitrogens with one attached hydrogen (secondary N) is 1. The van der Waals surface area contributed by atoms with Gasteiger partial charge in [0.05, 0.1) is 31.2 Å². The van der Waals surface area contributed by atoms with Gasteiger partial charge in [0.25, 0.3) is 0 Å². The summed E-state index contributed by atoms with van der Waals surface area (Å²) in [6.07, 6.45) is -1.64. The highest BCUT2D eigenvalue weighted by molar-refractivity contribution is 5.90. The number of hydrogen-bond donors (Lipinski definition) is 3. The van der Waals surface area contributed by atoms with E-state index in [0.29, 0.717) is 6.42 Å². The van der Waals surface area contributed by atoms with Gasteiger partial charge in [0.15, 0.2) is 0 Å². The Morgan fingerprint density at radius 3 is 1.91 bits per heavy atom. The van der Waals surface area contributed by atoms with Gasteiger partial charge >= 0.3 is 5.97 Å². The first-order valence-electron chi connectivity index (χ1n) is 16.3. The Morgan fingerprint density at radius 1 is 0.913 bits per heavy atom. The number of aliphatic carboxylic acids is 1. The zero-order valence-electron chi connectivity index (χ0n) is 28.8. The molecule has 254 valence electrons. The summed E-state index contributed by atoms with van der Waals surface area (Å²) in [5.41, 5.74) is 4.57. The molecule has 10 heteroatoms. The molecule has 10 nitrogen and oxygen atoms in total. The Kier molecular flexibility index (Phi) is 13.3. The van der Waals surface area contributed by atoms with Gasteiger partial charge in [-0.15, -0.1) is 0 Å². The monoisotopic (exact) mass is 639 g/mol. The second-order valence-electron chi connectivity index (χ2n) is 13.2. The average molecular weight is 640 g/mol. The number of aliphatic hydroxyl groups is 1. The summed E-state index contributed by atoms with van der Waals surface area (Å²) in [4.78, 5) is 42.4. The maximum atomic E-state index is 14.0. The van der Waals surface area contributed by atoms with Crippen LogP contribution in [-0.2, 0) is 23.9 Å². The zero-order chi connectivity index (χ0) is 34.3. The fraction of sp³-hybridized carbons (Fsp3) is 0.583. The SMILES string of the molecule is CC[C@H](C)C(C(CC(=O)O)OC)N(C)C(=O)[C@@H](NC(=O)C(C(C)C)N(C)C(O)OCC1c2ccccc2-c2ccccc21)C(C)C. The zero-order valence-corrected chi connectivity index (χ0v) is 28.8. The highest BCUT2D eigenvalue weighted by Crippen LogP contribution is 2.44. The molecule has 0 spiro atoms. The average Bonchev–Trinajstić information content (AvgIpc) is 3.34. The fourth-order valence-corrected chi connectivity index (χ4v) is 6.71. The number of amides is 2. The largest absolute Gasteiger partial charge is 0.481 e. The minimum atomic E-state index is -1.37. The number of rotatable bonds is 17. The molecule has 2 aromatic rings. The second-order valence-corrected chi connectivity index (χ2v) is 13.2. The third-order valence-electron chi connectivity index (χ3n) is 9.37. The molecule has 0 heterocycles. The van der Waals surface area contributed by atoms with Gasteiger partial charge in [0, 0.05) is 20.1 Å². The topological polar surface area (TPSA) is 129 Å². The predicted octanol–water partition coefficient (Wildman–Crippen LogP) is 4.55. The molecule has 0 saturated heterocycles. The Morgan fingerprint density at radius 2 is 1.46 bits per heavy atom. The van der Waals surface area contributed by atoms with Crippen LogP contribution in [0.25, 0.3) is 11.1 Å². The smallest absolute Gasteiger partial charge is 0.306 e. The van der Waals surface area contributed by atoms with E-state index in [-0.39, 0.29) is 42.6 Å². The van der Waals surface area contributed by atoms with Crippen molar-refractivity contribution >= 4 is 17.8 Å². The highest BCUT2D eigenvalue weighted by atomic mass is 16.6. The molecule has 1 aliphatic carbocycles. The first kappa shape index (κ1) is 37.2. The quantitative estimate of drug-likeness (QED) is 0.215. The van der Waals surface area contributed by atoms with Gasteiger partial charge in [-0.1, -0.05) is 96.5 Å². The normalized spacial score (nSPS) is 16.8. The van der Waals surface area contributed by atoms with Crippen LogP contribution in [0.1, 0.15) is 71.4 Å². The van der Waals surface area contributed by atoms with E-state index in [0.717, 1.165) is 22.3 Å². The number of likely N-dealkylation sites (N-methyl/N-ethyl adjacent to an activating group) is 2. The van der Waals surface area contributed by atoms with Crippen molar-refractivity contribution < 1.29 is 34.1 Å². The lowest BCUT2D eigenvalue weighted by atomic mass is 9.90. The number of carbonyl (C=O) groups is 3. The van der Waals surface area contributed by atoms with Gasteiger partial charge in [-0.05, 0) is 47.1 Å². The van der Waals surface area contributed by atoms with Crippen LogP contribution in [0, 0.1) is 17.8 Å². The van der Waals surface area contributed by atoms with E-state index >= 15 is 0 Å². The molecule has 6 atom stereocenters. The Labute approximate surface area is 274 Å². The van der Waals surface area contributed by atoms with E-state index in [1.807, 2.05) is 65.8 Å². The van der Waals surface area contributed by atoms with E-state index in [1.54, 1.807) is 14.1 Å². The molecule has 0 aromatic heterocycles. The lowest BCUT2D eigenvalue weighted by molar-refractivity contribution is -0.203. The minimum Gasteiger partial charge on any atom is -0.481 e. The van der Waals surface area contributed by atoms with Gasteiger partial charge in [-0.25, -0.2) is 4.90 Å². The lowest BCUT2D eigenvalue weighted by Gasteiger charge is -2.40. The highest BCUT2D eigenvalue weighted by Gasteiger charge is 2.40. The van der Waals surface area contributed by atoms with Crippen LogP contribution >= 0.6 is 0 Å². The Bertz CT molecular complexity index is 1290. The summed E-state index contributed by atoms with van der Waals surface area (Å²) < 4.78 is 11.6. The van der Waals surface area contributed by atoms with Crippen molar-refractivity contribution in [1.82, 2.24) is 15.1 Å². The molecular formula is C36H53N3O7. The fourth-order valence-electron chi connectivity index (χ4n) is 6.71. The van der Waals surface area contributed by atoms with E-state index in [2.05, 4.69) is 29.6 Å². The summed E-state index contributed by atoms with van der Waals surface area (Å²) in [6, 6.07) is 14.1. The van der Waals surface area contributed by atoms with Gasteiger partial charge in [0.2, 0.25) is 18.2 Å². The van der Waals surface area contributed by atoms with Crippen molar-refractivity contribution in [2.24, 2.45) is 17.8 Å². The Hall–Kier alpha value is -3.31.